The van der Waals surface area contributed by atoms with Crippen molar-refractivity contribution in [2.24, 2.45) is 0 Å². The first-order chi connectivity index (χ1) is 12.1. The zero-order valence-electron chi connectivity index (χ0n) is 20.4. The summed E-state index contributed by atoms with van der Waals surface area (Å²) in [5, 5.41) is 3.41. The molecule has 0 nitrogen and oxygen atoms in total. The van der Waals surface area contributed by atoms with E-state index in [0.29, 0.717) is 0 Å². The Morgan fingerprint density at radius 1 is 0.700 bits per heavy atom. The minimum atomic E-state index is -1.92. The molecule has 0 saturated carbocycles. The van der Waals surface area contributed by atoms with E-state index in [2.05, 4.69) is 87.4 Å². The molecule has 0 saturated heterocycles. The van der Waals surface area contributed by atoms with Crippen LogP contribution < -0.4 is 47.6 Å². The van der Waals surface area contributed by atoms with Gasteiger partial charge in [0, 0.05) is 0 Å². The van der Waals surface area contributed by atoms with Crippen LogP contribution in [0.3, 0.4) is 0 Å². The van der Waals surface area contributed by atoms with E-state index < -0.39 is 8.07 Å². The van der Waals surface area contributed by atoms with E-state index in [9.17, 15) is 0 Å². The van der Waals surface area contributed by atoms with E-state index in [1.807, 2.05) is 0 Å². The Morgan fingerprint density at radius 3 is 1.33 bits per heavy atom. The molecule has 0 spiro atoms. The first-order valence-electron chi connectivity index (χ1n) is 10.4. The van der Waals surface area contributed by atoms with Gasteiger partial charge in [-0.3, -0.25) is 0 Å². The van der Waals surface area contributed by atoms with E-state index in [1.54, 1.807) is 21.5 Å². The summed E-state index contributed by atoms with van der Waals surface area (Å²) in [6.45, 7) is 23.8. The van der Waals surface area contributed by atoms with E-state index in [1.165, 1.54) is 35.1 Å². The molecule has 2 aromatic rings. The van der Waals surface area contributed by atoms with Crippen LogP contribution in [0.15, 0.2) is 18.2 Å². The average molecular weight is 522 g/mol. The molecule has 168 valence electrons. The van der Waals surface area contributed by atoms with Crippen molar-refractivity contribution in [3.8, 4) is 0 Å². The molecule has 2 aromatic carbocycles. The molecule has 0 fully saturated rings. The Bertz CT molecular complexity index is 742. The summed E-state index contributed by atoms with van der Waals surface area (Å²) in [6.07, 6.45) is 2.51. The van der Waals surface area contributed by atoms with Crippen molar-refractivity contribution in [2.75, 3.05) is 0 Å². The van der Waals surface area contributed by atoms with Crippen molar-refractivity contribution in [3.05, 3.63) is 51.6 Å². The molecule has 2 unspecified atom stereocenters. The van der Waals surface area contributed by atoms with Gasteiger partial charge in [0.15, 0.2) is 0 Å². The predicted octanol–water partition coefficient (Wildman–Crippen LogP) is -2.57. The van der Waals surface area contributed by atoms with Crippen LogP contribution in [0.4, 0.5) is 0 Å². The maximum atomic E-state index is 2.53. The summed E-state index contributed by atoms with van der Waals surface area (Å²) in [7, 11) is -1.92. The molecule has 0 radical (unpaired) electrons. The summed E-state index contributed by atoms with van der Waals surface area (Å²) < 4.78 is 0. The third-order valence-electron chi connectivity index (χ3n) is 7.33. The van der Waals surface area contributed by atoms with Gasteiger partial charge >= 0.3 is 21.7 Å². The summed E-state index contributed by atoms with van der Waals surface area (Å²) >= 11 is 0. The fourth-order valence-corrected chi connectivity index (χ4v) is 12.6. The standard InChI is InChI=1S/C25H39Si.3ClH.Ti/c1-11-18(5)26(19(6)12-2,24-14-16(3)13-17(4)15-24)25-22(9)20(7)21(8)23(25)10;;;;/h13-15,18-19H,11-12H2,1-10H3;3*1H;/q-1;;;;+4/p-3. The Hall–Kier alpha value is 0.371. The molecule has 0 aromatic heterocycles. The van der Waals surface area contributed by atoms with Crippen LogP contribution in [0.2, 0.25) is 11.1 Å². The molecule has 0 bridgehead atoms. The third kappa shape index (κ3) is 5.83. The van der Waals surface area contributed by atoms with Gasteiger partial charge in [-0.2, -0.15) is 22.3 Å². The summed E-state index contributed by atoms with van der Waals surface area (Å²) in [5.41, 5.74) is 10.5. The molecule has 0 N–H and O–H groups in total. The molecular weight excluding hydrogens is 483 g/mol. The first-order valence-corrected chi connectivity index (χ1v) is 12.6. The maximum absolute atomic E-state index is 2.53. The zero-order chi connectivity index (χ0) is 19.8. The monoisotopic (exact) mass is 520 g/mol. The topological polar surface area (TPSA) is 0 Å². The summed E-state index contributed by atoms with van der Waals surface area (Å²) in [5.74, 6) is 0. The van der Waals surface area contributed by atoms with Crippen LogP contribution in [0, 0.1) is 41.5 Å². The van der Waals surface area contributed by atoms with Gasteiger partial charge in [0.25, 0.3) is 0 Å². The van der Waals surface area contributed by atoms with Crippen LogP contribution >= 0.6 is 0 Å². The van der Waals surface area contributed by atoms with Crippen molar-refractivity contribution in [3.63, 3.8) is 0 Å². The molecule has 5 heteroatoms. The van der Waals surface area contributed by atoms with E-state index in [0.717, 1.165) is 11.1 Å². The number of hydrogen-bond acceptors (Lipinski definition) is 0. The van der Waals surface area contributed by atoms with Crippen LogP contribution in [0.1, 0.15) is 73.9 Å². The first kappa shape index (κ1) is 35.0. The second-order valence-electron chi connectivity index (χ2n) is 8.74. The van der Waals surface area contributed by atoms with Gasteiger partial charge in [-0.05, 0) is 24.9 Å². The van der Waals surface area contributed by atoms with E-state index in [-0.39, 0.29) is 58.9 Å². The molecule has 2 atom stereocenters. The molecule has 0 aliphatic rings. The molecule has 0 aliphatic heterocycles. The number of benzene rings is 1. The molecular formula is C25H39Cl3SiTi. The quantitative estimate of drug-likeness (QED) is 0.290. The van der Waals surface area contributed by atoms with Crippen LogP contribution in [-0.4, -0.2) is 8.07 Å². The van der Waals surface area contributed by atoms with Gasteiger partial charge < -0.3 is 37.2 Å². The summed E-state index contributed by atoms with van der Waals surface area (Å²) in [4.78, 5) is 0. The number of hydrogen-bond donors (Lipinski definition) is 0. The largest absolute Gasteiger partial charge is 4.00 e. The minimum Gasteiger partial charge on any atom is -1.00 e. The van der Waals surface area contributed by atoms with Crippen molar-refractivity contribution >= 4 is 18.4 Å². The fraction of sp³-hybridized carbons (Fsp3) is 0.560. The molecule has 2 rings (SSSR count). The zero-order valence-corrected chi connectivity index (χ0v) is 25.3. The average Bonchev–Trinajstić information content (AvgIpc) is 2.79. The van der Waals surface area contributed by atoms with Gasteiger partial charge in [0.1, 0.15) is 0 Å². The predicted molar refractivity (Wildman–Crippen MR) is 121 cm³/mol. The fourth-order valence-electron chi connectivity index (χ4n) is 5.39. The molecule has 0 heterocycles. The van der Waals surface area contributed by atoms with Crippen molar-refractivity contribution in [1.29, 1.82) is 0 Å². The van der Waals surface area contributed by atoms with Gasteiger partial charge in [-0.15, -0.1) is 5.19 Å². The van der Waals surface area contributed by atoms with Crippen molar-refractivity contribution in [2.45, 2.75) is 93.2 Å². The van der Waals surface area contributed by atoms with Crippen molar-refractivity contribution in [1.82, 2.24) is 0 Å². The summed E-state index contributed by atoms with van der Waals surface area (Å²) in [6, 6.07) is 7.37. The normalized spacial score (nSPS) is 14.2. The maximum Gasteiger partial charge on any atom is 4.00 e. The van der Waals surface area contributed by atoms with E-state index >= 15 is 0 Å². The van der Waals surface area contributed by atoms with Crippen molar-refractivity contribution < 1.29 is 58.9 Å². The van der Waals surface area contributed by atoms with Crippen LogP contribution in [0.25, 0.3) is 0 Å². The Balaban J connectivity index is -0.00000182. The SMILES string of the molecule is CCC(C)[Si](c1cc(C)cc(C)c1)([c-]1c(C)c(C)c(C)c1C)C(C)CC.[Cl-].[Cl-].[Cl-].[Ti+4]. The Morgan fingerprint density at radius 2 is 1.03 bits per heavy atom. The minimum absolute atomic E-state index is 0. The third-order valence-corrected chi connectivity index (χ3v) is 14.1. The number of halogens is 3. The Kier molecular flexibility index (Phi) is 16.1. The smallest absolute Gasteiger partial charge is 1.00 e. The van der Waals surface area contributed by atoms with Gasteiger partial charge in [0.2, 0.25) is 0 Å². The van der Waals surface area contributed by atoms with Gasteiger partial charge in [0.05, 0.1) is 8.07 Å². The second-order valence-corrected chi connectivity index (χ2v) is 13.5. The van der Waals surface area contributed by atoms with Crippen LogP contribution in [-0.2, 0) is 21.7 Å². The van der Waals surface area contributed by atoms with E-state index in [4.69, 9.17) is 0 Å². The molecule has 0 aliphatic carbocycles. The molecule has 0 amide bonds. The number of rotatable bonds is 6. The second kappa shape index (κ2) is 13.8. The van der Waals surface area contributed by atoms with Crippen LogP contribution in [0.5, 0.6) is 0 Å². The van der Waals surface area contributed by atoms with Gasteiger partial charge in [-0.1, -0.05) is 103 Å². The Labute approximate surface area is 220 Å². The number of aryl methyl sites for hydroxylation is 2. The molecule has 30 heavy (non-hydrogen) atoms. The van der Waals surface area contributed by atoms with Gasteiger partial charge in [-0.25, -0.2) is 0 Å².